The van der Waals surface area contributed by atoms with Gasteiger partial charge in [0.05, 0.1) is 19.1 Å². The predicted octanol–water partition coefficient (Wildman–Crippen LogP) is 3.01. The van der Waals surface area contributed by atoms with Crippen molar-refractivity contribution in [2.75, 3.05) is 19.7 Å². The molecule has 23 heavy (non-hydrogen) atoms. The van der Waals surface area contributed by atoms with Crippen LogP contribution in [0.2, 0.25) is 0 Å². The zero-order chi connectivity index (χ0) is 16.1. The normalized spacial score (nSPS) is 18.0. The molecule has 1 unspecified atom stereocenters. The monoisotopic (exact) mass is 309 g/mol. The quantitative estimate of drug-likeness (QED) is 0.869. The lowest BCUT2D eigenvalue weighted by atomic mass is 10.0. The molecule has 1 amide bonds. The smallest absolute Gasteiger partial charge is 0.227 e. The second-order valence-corrected chi connectivity index (χ2v) is 6.13. The number of rotatable bonds is 4. The highest BCUT2D eigenvalue weighted by Gasteiger charge is 2.24. The molecule has 1 heterocycles. The first-order valence-electron chi connectivity index (χ1n) is 8.20. The lowest BCUT2D eigenvalue weighted by Gasteiger charge is -2.33. The van der Waals surface area contributed by atoms with Crippen LogP contribution in [0.4, 0.5) is 0 Å². The summed E-state index contributed by atoms with van der Waals surface area (Å²) in [5, 5.41) is 0. The molecule has 0 bridgehead atoms. The van der Waals surface area contributed by atoms with Gasteiger partial charge in [-0.2, -0.15) is 0 Å². The molecule has 0 saturated carbocycles. The van der Waals surface area contributed by atoms with Crippen LogP contribution in [0.25, 0.3) is 0 Å². The summed E-state index contributed by atoms with van der Waals surface area (Å²) in [4.78, 5) is 14.5. The van der Waals surface area contributed by atoms with Crippen molar-refractivity contribution in [3.05, 3.63) is 71.3 Å². The zero-order valence-electron chi connectivity index (χ0n) is 13.6. The Kier molecular flexibility index (Phi) is 5.09. The Morgan fingerprint density at radius 2 is 1.87 bits per heavy atom. The van der Waals surface area contributed by atoms with E-state index in [0.29, 0.717) is 26.1 Å². The molecule has 1 saturated heterocycles. The number of nitrogens with zero attached hydrogens (tertiary/aromatic N) is 1. The first-order chi connectivity index (χ1) is 11.2. The molecule has 0 aliphatic carbocycles. The van der Waals surface area contributed by atoms with E-state index in [1.54, 1.807) is 0 Å². The molecule has 1 atom stereocenters. The Morgan fingerprint density at radius 1 is 1.13 bits per heavy atom. The average Bonchev–Trinajstić information content (AvgIpc) is 2.58. The van der Waals surface area contributed by atoms with Gasteiger partial charge in [-0.15, -0.1) is 0 Å². The van der Waals surface area contributed by atoms with Crippen molar-refractivity contribution in [3.63, 3.8) is 0 Å². The fraction of sp³-hybridized carbons (Fsp3) is 0.350. The maximum atomic E-state index is 12.6. The summed E-state index contributed by atoms with van der Waals surface area (Å²) < 4.78 is 5.84. The minimum absolute atomic E-state index is 0.0898. The first-order valence-corrected chi connectivity index (χ1v) is 8.20. The third-order valence-corrected chi connectivity index (χ3v) is 4.40. The van der Waals surface area contributed by atoms with E-state index in [1.807, 2.05) is 41.3 Å². The van der Waals surface area contributed by atoms with Crippen LogP contribution < -0.4 is 0 Å². The standard InChI is InChI=1S/C20H23NO2/c1-16-7-5-6-10-18(16)14-20(22)21-11-12-23-19(15-21)13-17-8-3-2-4-9-17/h2-10,19H,11-15H2,1H3. The van der Waals surface area contributed by atoms with E-state index in [1.165, 1.54) is 11.1 Å². The Balaban J connectivity index is 1.59. The Morgan fingerprint density at radius 3 is 2.65 bits per heavy atom. The van der Waals surface area contributed by atoms with E-state index in [2.05, 4.69) is 25.1 Å². The predicted molar refractivity (Wildman–Crippen MR) is 91.3 cm³/mol. The Labute approximate surface area is 137 Å². The highest BCUT2D eigenvalue weighted by molar-refractivity contribution is 5.79. The van der Waals surface area contributed by atoms with Gasteiger partial charge in [0.2, 0.25) is 5.91 Å². The number of ether oxygens (including phenoxy) is 1. The van der Waals surface area contributed by atoms with Gasteiger partial charge in [-0.1, -0.05) is 54.6 Å². The highest BCUT2D eigenvalue weighted by Crippen LogP contribution is 2.14. The SMILES string of the molecule is Cc1ccccc1CC(=O)N1CCOC(Cc2ccccc2)C1. The molecule has 0 aromatic heterocycles. The van der Waals surface area contributed by atoms with Crippen LogP contribution in [0.3, 0.4) is 0 Å². The van der Waals surface area contributed by atoms with E-state index in [-0.39, 0.29) is 12.0 Å². The molecule has 2 aromatic rings. The van der Waals surface area contributed by atoms with Gasteiger partial charge in [0, 0.05) is 19.5 Å². The van der Waals surface area contributed by atoms with Crippen LogP contribution in [0.1, 0.15) is 16.7 Å². The molecule has 2 aromatic carbocycles. The number of morpholine rings is 1. The van der Waals surface area contributed by atoms with E-state index in [9.17, 15) is 4.79 Å². The summed E-state index contributed by atoms with van der Waals surface area (Å²) in [6.07, 6.45) is 1.42. The number of hydrogen-bond acceptors (Lipinski definition) is 2. The van der Waals surface area contributed by atoms with Crippen molar-refractivity contribution in [1.82, 2.24) is 4.90 Å². The third-order valence-electron chi connectivity index (χ3n) is 4.40. The zero-order valence-corrected chi connectivity index (χ0v) is 13.6. The second-order valence-electron chi connectivity index (χ2n) is 6.13. The van der Waals surface area contributed by atoms with Gasteiger partial charge in [0.15, 0.2) is 0 Å². The minimum atomic E-state index is 0.0898. The van der Waals surface area contributed by atoms with Gasteiger partial charge in [0.1, 0.15) is 0 Å². The molecule has 0 spiro atoms. The molecule has 1 fully saturated rings. The first kappa shape index (κ1) is 15.8. The van der Waals surface area contributed by atoms with Crippen molar-refractivity contribution < 1.29 is 9.53 Å². The Bertz CT molecular complexity index is 654. The van der Waals surface area contributed by atoms with Crippen molar-refractivity contribution >= 4 is 5.91 Å². The van der Waals surface area contributed by atoms with Gasteiger partial charge in [-0.25, -0.2) is 0 Å². The second kappa shape index (κ2) is 7.42. The summed E-state index contributed by atoms with van der Waals surface area (Å²) in [7, 11) is 0. The summed E-state index contributed by atoms with van der Waals surface area (Å²) in [6, 6.07) is 18.4. The number of aryl methyl sites for hydroxylation is 1. The highest BCUT2D eigenvalue weighted by atomic mass is 16.5. The van der Waals surface area contributed by atoms with Crippen LogP contribution in [0, 0.1) is 6.92 Å². The Hall–Kier alpha value is -2.13. The van der Waals surface area contributed by atoms with E-state index < -0.39 is 0 Å². The topological polar surface area (TPSA) is 29.5 Å². The van der Waals surface area contributed by atoms with Crippen molar-refractivity contribution in [3.8, 4) is 0 Å². The fourth-order valence-electron chi connectivity index (χ4n) is 3.03. The van der Waals surface area contributed by atoms with Gasteiger partial charge in [-0.3, -0.25) is 4.79 Å². The lowest BCUT2D eigenvalue weighted by molar-refractivity contribution is -0.138. The molecular weight excluding hydrogens is 286 g/mol. The maximum Gasteiger partial charge on any atom is 0.227 e. The van der Waals surface area contributed by atoms with Crippen LogP contribution in [-0.2, 0) is 22.4 Å². The van der Waals surface area contributed by atoms with Crippen LogP contribution in [0.5, 0.6) is 0 Å². The number of benzene rings is 2. The van der Waals surface area contributed by atoms with E-state index in [0.717, 1.165) is 12.0 Å². The lowest BCUT2D eigenvalue weighted by Crippen LogP contribution is -2.47. The van der Waals surface area contributed by atoms with Gasteiger partial charge < -0.3 is 9.64 Å². The van der Waals surface area contributed by atoms with Gasteiger partial charge in [-0.05, 0) is 23.6 Å². The number of hydrogen-bond donors (Lipinski definition) is 0. The summed E-state index contributed by atoms with van der Waals surface area (Å²) >= 11 is 0. The van der Waals surface area contributed by atoms with Crippen LogP contribution in [0.15, 0.2) is 54.6 Å². The average molecular weight is 309 g/mol. The molecule has 1 aliphatic heterocycles. The number of amides is 1. The van der Waals surface area contributed by atoms with Crippen LogP contribution in [-0.4, -0.2) is 36.6 Å². The number of carbonyl (C=O) groups excluding carboxylic acids is 1. The van der Waals surface area contributed by atoms with Gasteiger partial charge >= 0.3 is 0 Å². The van der Waals surface area contributed by atoms with E-state index in [4.69, 9.17) is 4.74 Å². The molecule has 3 nitrogen and oxygen atoms in total. The fourth-order valence-corrected chi connectivity index (χ4v) is 3.03. The molecule has 3 rings (SSSR count). The molecule has 0 radical (unpaired) electrons. The third kappa shape index (κ3) is 4.20. The maximum absolute atomic E-state index is 12.6. The summed E-state index contributed by atoms with van der Waals surface area (Å²) in [6.45, 7) is 4.05. The molecule has 0 N–H and O–H groups in total. The molecule has 3 heteroatoms. The van der Waals surface area contributed by atoms with Crippen molar-refractivity contribution in [2.24, 2.45) is 0 Å². The molecule has 120 valence electrons. The molecule has 1 aliphatic rings. The van der Waals surface area contributed by atoms with Crippen LogP contribution >= 0.6 is 0 Å². The van der Waals surface area contributed by atoms with Gasteiger partial charge in [0.25, 0.3) is 0 Å². The van der Waals surface area contributed by atoms with Crippen molar-refractivity contribution in [2.45, 2.75) is 25.9 Å². The van der Waals surface area contributed by atoms with E-state index >= 15 is 0 Å². The van der Waals surface area contributed by atoms with Crippen molar-refractivity contribution in [1.29, 1.82) is 0 Å². The summed E-state index contributed by atoms with van der Waals surface area (Å²) in [5.41, 5.74) is 3.55. The largest absolute Gasteiger partial charge is 0.374 e. The molecular formula is C20H23NO2. The summed E-state index contributed by atoms with van der Waals surface area (Å²) in [5.74, 6) is 0.195. The minimum Gasteiger partial charge on any atom is -0.374 e. The number of carbonyl (C=O) groups is 1.